The average molecular weight is 289 g/mol. The normalized spacial score (nSPS) is 11.3. The molecule has 0 saturated heterocycles. The number of hydrogen-bond donors (Lipinski definition) is 1. The first-order chi connectivity index (χ1) is 9.55. The van der Waals surface area contributed by atoms with Crippen molar-refractivity contribution in [2.75, 3.05) is 4.72 Å². The second kappa shape index (κ2) is 6.09. The minimum absolute atomic E-state index is 0.286. The summed E-state index contributed by atoms with van der Waals surface area (Å²) in [5.41, 5.74) is 2.89. The van der Waals surface area contributed by atoms with Crippen molar-refractivity contribution in [1.82, 2.24) is 0 Å². The van der Waals surface area contributed by atoms with Gasteiger partial charge in [-0.3, -0.25) is 4.72 Å². The van der Waals surface area contributed by atoms with Gasteiger partial charge >= 0.3 is 0 Å². The Bertz CT molecular complexity index is 659. The largest absolute Gasteiger partial charge is 0.280 e. The van der Waals surface area contributed by atoms with Crippen molar-refractivity contribution in [3.63, 3.8) is 0 Å². The van der Waals surface area contributed by atoms with E-state index in [1.807, 2.05) is 31.2 Å². The van der Waals surface area contributed by atoms with Crippen molar-refractivity contribution in [2.45, 2.75) is 31.6 Å². The number of aryl methyl sites for hydroxylation is 2. The van der Waals surface area contributed by atoms with Crippen LogP contribution in [0.1, 0.15) is 25.0 Å². The van der Waals surface area contributed by atoms with Crippen LogP contribution in [0, 0.1) is 0 Å². The van der Waals surface area contributed by atoms with Gasteiger partial charge in [0.2, 0.25) is 0 Å². The van der Waals surface area contributed by atoms with E-state index in [0.29, 0.717) is 5.69 Å². The van der Waals surface area contributed by atoms with Gasteiger partial charge in [-0.15, -0.1) is 0 Å². The fourth-order valence-electron chi connectivity index (χ4n) is 1.93. The SMILES string of the molecule is CCc1ccc(NS(=O)(=O)c2ccc(CC)cc2)cc1. The highest BCUT2D eigenvalue weighted by Gasteiger charge is 2.13. The summed E-state index contributed by atoms with van der Waals surface area (Å²) in [4.78, 5) is 0.286. The summed E-state index contributed by atoms with van der Waals surface area (Å²) < 4.78 is 27.1. The molecule has 0 unspecified atom stereocenters. The van der Waals surface area contributed by atoms with Gasteiger partial charge in [0.25, 0.3) is 10.0 Å². The molecule has 20 heavy (non-hydrogen) atoms. The van der Waals surface area contributed by atoms with Crippen LogP contribution in [0.2, 0.25) is 0 Å². The van der Waals surface area contributed by atoms with E-state index in [-0.39, 0.29) is 4.90 Å². The third-order valence-corrected chi connectivity index (χ3v) is 4.65. The van der Waals surface area contributed by atoms with Gasteiger partial charge in [-0.05, 0) is 48.2 Å². The smallest absolute Gasteiger partial charge is 0.261 e. The van der Waals surface area contributed by atoms with Crippen molar-refractivity contribution in [3.8, 4) is 0 Å². The van der Waals surface area contributed by atoms with Gasteiger partial charge in [-0.2, -0.15) is 0 Å². The molecule has 0 aliphatic rings. The van der Waals surface area contributed by atoms with Gasteiger partial charge in [0, 0.05) is 5.69 Å². The van der Waals surface area contributed by atoms with Crippen LogP contribution in [0.5, 0.6) is 0 Å². The van der Waals surface area contributed by atoms with Gasteiger partial charge in [0.15, 0.2) is 0 Å². The average Bonchev–Trinajstić information content (AvgIpc) is 2.48. The Morgan fingerprint density at radius 3 is 1.70 bits per heavy atom. The Morgan fingerprint density at radius 1 is 0.800 bits per heavy atom. The molecular formula is C16H19NO2S. The van der Waals surface area contributed by atoms with Crippen LogP contribution < -0.4 is 4.72 Å². The molecule has 106 valence electrons. The van der Waals surface area contributed by atoms with Gasteiger partial charge in [0.1, 0.15) is 0 Å². The number of rotatable bonds is 5. The number of nitrogens with one attached hydrogen (secondary N) is 1. The molecule has 3 nitrogen and oxygen atoms in total. The molecule has 2 aromatic rings. The molecule has 0 atom stereocenters. The maximum Gasteiger partial charge on any atom is 0.261 e. The minimum atomic E-state index is -3.51. The van der Waals surface area contributed by atoms with E-state index < -0.39 is 10.0 Å². The number of benzene rings is 2. The molecule has 2 rings (SSSR count). The van der Waals surface area contributed by atoms with E-state index in [1.165, 1.54) is 5.56 Å². The summed E-state index contributed by atoms with van der Waals surface area (Å²) in [5, 5.41) is 0. The van der Waals surface area contributed by atoms with Crippen molar-refractivity contribution in [1.29, 1.82) is 0 Å². The fraction of sp³-hybridized carbons (Fsp3) is 0.250. The first-order valence-electron chi connectivity index (χ1n) is 6.76. The Balaban J connectivity index is 2.20. The van der Waals surface area contributed by atoms with Crippen LogP contribution >= 0.6 is 0 Å². The molecular weight excluding hydrogens is 270 g/mol. The quantitative estimate of drug-likeness (QED) is 0.914. The van der Waals surface area contributed by atoms with Crippen LogP contribution in [0.3, 0.4) is 0 Å². The van der Waals surface area contributed by atoms with E-state index >= 15 is 0 Å². The van der Waals surface area contributed by atoms with Crippen molar-refractivity contribution < 1.29 is 8.42 Å². The predicted molar refractivity (Wildman–Crippen MR) is 82.4 cm³/mol. The van der Waals surface area contributed by atoms with Crippen LogP contribution in [0.4, 0.5) is 5.69 Å². The molecule has 0 heterocycles. The summed E-state index contributed by atoms with van der Waals surface area (Å²) in [5.74, 6) is 0. The minimum Gasteiger partial charge on any atom is -0.280 e. The van der Waals surface area contributed by atoms with E-state index in [9.17, 15) is 8.42 Å². The van der Waals surface area contributed by atoms with Crippen molar-refractivity contribution >= 4 is 15.7 Å². The van der Waals surface area contributed by atoms with E-state index in [2.05, 4.69) is 11.6 Å². The van der Waals surface area contributed by atoms with Crippen LogP contribution in [-0.4, -0.2) is 8.42 Å². The number of hydrogen-bond acceptors (Lipinski definition) is 2. The highest BCUT2D eigenvalue weighted by molar-refractivity contribution is 7.92. The molecule has 0 bridgehead atoms. The number of sulfonamides is 1. The summed E-state index contributed by atoms with van der Waals surface area (Å²) in [6.45, 7) is 4.10. The predicted octanol–water partition coefficient (Wildman–Crippen LogP) is 3.61. The zero-order chi connectivity index (χ0) is 14.6. The molecule has 4 heteroatoms. The molecule has 0 amide bonds. The zero-order valence-corrected chi connectivity index (χ0v) is 12.6. The molecule has 0 fully saturated rings. The van der Waals surface area contributed by atoms with Crippen molar-refractivity contribution in [3.05, 3.63) is 59.7 Å². The van der Waals surface area contributed by atoms with Crippen LogP contribution in [-0.2, 0) is 22.9 Å². The first kappa shape index (κ1) is 14.6. The van der Waals surface area contributed by atoms with Gasteiger partial charge in [-0.1, -0.05) is 38.1 Å². The topological polar surface area (TPSA) is 46.2 Å². The summed E-state index contributed by atoms with van der Waals surface area (Å²) in [6.07, 6.45) is 1.83. The highest BCUT2D eigenvalue weighted by Crippen LogP contribution is 2.17. The third kappa shape index (κ3) is 3.39. The number of anilines is 1. The molecule has 0 radical (unpaired) electrons. The van der Waals surface area contributed by atoms with E-state index in [0.717, 1.165) is 18.4 Å². The van der Waals surface area contributed by atoms with Crippen LogP contribution in [0.15, 0.2) is 53.4 Å². The van der Waals surface area contributed by atoms with Gasteiger partial charge in [0.05, 0.1) is 4.90 Å². The Kier molecular flexibility index (Phi) is 4.45. The van der Waals surface area contributed by atoms with Crippen LogP contribution in [0.25, 0.3) is 0 Å². The zero-order valence-electron chi connectivity index (χ0n) is 11.8. The molecule has 0 aromatic heterocycles. The summed E-state index contributed by atoms with van der Waals surface area (Å²) in [7, 11) is -3.51. The summed E-state index contributed by atoms with van der Waals surface area (Å²) >= 11 is 0. The van der Waals surface area contributed by atoms with E-state index in [4.69, 9.17) is 0 Å². The second-order valence-electron chi connectivity index (χ2n) is 4.65. The lowest BCUT2D eigenvalue weighted by atomic mass is 10.2. The maximum absolute atomic E-state index is 12.2. The lowest BCUT2D eigenvalue weighted by molar-refractivity contribution is 0.601. The first-order valence-corrected chi connectivity index (χ1v) is 8.24. The monoisotopic (exact) mass is 289 g/mol. The standard InChI is InChI=1S/C16H19NO2S/c1-3-13-5-9-15(10-6-13)17-20(18,19)16-11-7-14(4-2)8-12-16/h5-12,17H,3-4H2,1-2H3. The maximum atomic E-state index is 12.2. The molecule has 2 aromatic carbocycles. The molecule has 0 spiro atoms. The lowest BCUT2D eigenvalue weighted by Crippen LogP contribution is -2.12. The molecule has 0 saturated carbocycles. The van der Waals surface area contributed by atoms with E-state index in [1.54, 1.807) is 24.3 Å². The molecule has 1 N–H and O–H groups in total. The summed E-state index contributed by atoms with van der Waals surface area (Å²) in [6, 6.07) is 14.4. The van der Waals surface area contributed by atoms with Gasteiger partial charge in [-0.25, -0.2) is 8.42 Å². The second-order valence-corrected chi connectivity index (χ2v) is 6.34. The van der Waals surface area contributed by atoms with Gasteiger partial charge < -0.3 is 0 Å². The fourth-order valence-corrected chi connectivity index (χ4v) is 2.99. The molecule has 0 aliphatic carbocycles. The Labute approximate surface area is 120 Å². The highest BCUT2D eigenvalue weighted by atomic mass is 32.2. The third-order valence-electron chi connectivity index (χ3n) is 3.26. The Hall–Kier alpha value is -1.81. The lowest BCUT2D eigenvalue weighted by Gasteiger charge is -2.09. The molecule has 0 aliphatic heterocycles. The van der Waals surface area contributed by atoms with Crippen molar-refractivity contribution in [2.24, 2.45) is 0 Å². The Morgan fingerprint density at radius 2 is 1.25 bits per heavy atom.